The molecule has 104 valence electrons. The van der Waals surface area contributed by atoms with Gasteiger partial charge in [0.1, 0.15) is 5.82 Å². The summed E-state index contributed by atoms with van der Waals surface area (Å²) in [5.74, 6) is -0.0827. The molecule has 2 nitrogen and oxygen atoms in total. The van der Waals surface area contributed by atoms with Gasteiger partial charge < -0.3 is 5.11 Å². The number of aliphatic carboxylic acids is 1. The van der Waals surface area contributed by atoms with Crippen LogP contribution in [0.3, 0.4) is 0 Å². The lowest BCUT2D eigenvalue weighted by molar-refractivity contribution is -0.131. The third kappa shape index (κ3) is 5.47. The highest BCUT2D eigenvalue weighted by Crippen LogP contribution is 2.24. The van der Waals surface area contributed by atoms with E-state index in [-0.39, 0.29) is 0 Å². The van der Waals surface area contributed by atoms with E-state index in [1.807, 2.05) is 11.8 Å². The predicted octanol–water partition coefficient (Wildman–Crippen LogP) is 4.20. The molecule has 0 amide bonds. The van der Waals surface area contributed by atoms with Crippen LogP contribution in [0.2, 0.25) is 0 Å². The van der Waals surface area contributed by atoms with Crippen LogP contribution in [0.5, 0.6) is 0 Å². The Morgan fingerprint density at radius 2 is 2.11 bits per heavy atom. The van der Waals surface area contributed by atoms with Gasteiger partial charge in [0.2, 0.25) is 0 Å². The third-order valence-corrected chi connectivity index (χ3v) is 4.49. The molecule has 0 aromatic heterocycles. The molecule has 4 heteroatoms. The topological polar surface area (TPSA) is 37.3 Å². The molecule has 19 heavy (non-hydrogen) atoms. The Morgan fingerprint density at radius 3 is 2.68 bits per heavy atom. The van der Waals surface area contributed by atoms with Crippen LogP contribution >= 0.6 is 11.8 Å². The summed E-state index contributed by atoms with van der Waals surface area (Å²) in [5, 5.41) is 9.09. The van der Waals surface area contributed by atoms with E-state index in [9.17, 15) is 9.18 Å². The highest BCUT2D eigenvalue weighted by Gasteiger charge is 2.08. The molecule has 0 radical (unpaired) electrons. The Bertz CT molecular complexity index is 469. The van der Waals surface area contributed by atoms with Crippen molar-refractivity contribution in [3.05, 3.63) is 41.2 Å². The highest BCUT2D eigenvalue weighted by atomic mass is 32.2. The fraction of sp³-hybridized carbons (Fsp3) is 0.400. The number of carboxylic acids is 1. The summed E-state index contributed by atoms with van der Waals surface area (Å²) >= 11 is 1.81. The minimum Gasteiger partial charge on any atom is -0.478 e. The molecule has 1 unspecified atom stereocenters. The zero-order valence-electron chi connectivity index (χ0n) is 11.4. The Kier molecular flexibility index (Phi) is 6.09. The summed E-state index contributed by atoms with van der Waals surface area (Å²) in [7, 11) is 0. The van der Waals surface area contributed by atoms with Crippen molar-refractivity contribution in [1.82, 2.24) is 0 Å². The molecule has 1 rings (SSSR count). The molecule has 0 spiro atoms. The first-order chi connectivity index (χ1) is 8.90. The van der Waals surface area contributed by atoms with Crippen LogP contribution in [0.1, 0.15) is 31.9 Å². The van der Waals surface area contributed by atoms with Crippen molar-refractivity contribution in [2.24, 2.45) is 5.92 Å². The zero-order valence-corrected chi connectivity index (χ0v) is 12.2. The molecular weight excluding hydrogens is 263 g/mol. The van der Waals surface area contributed by atoms with E-state index in [1.54, 1.807) is 12.1 Å². The van der Waals surface area contributed by atoms with Crippen molar-refractivity contribution in [3.63, 3.8) is 0 Å². The average Bonchev–Trinajstić information content (AvgIpc) is 2.35. The fourth-order valence-corrected chi connectivity index (χ4v) is 2.41. The van der Waals surface area contributed by atoms with Crippen LogP contribution in [-0.2, 0) is 10.5 Å². The van der Waals surface area contributed by atoms with Gasteiger partial charge in [-0.05, 0) is 29.7 Å². The molecule has 0 bridgehead atoms. The maximum absolute atomic E-state index is 13.5. The molecule has 0 saturated carbocycles. The van der Waals surface area contributed by atoms with Gasteiger partial charge in [0.25, 0.3) is 0 Å². The van der Waals surface area contributed by atoms with E-state index in [0.717, 1.165) is 17.4 Å². The van der Waals surface area contributed by atoms with Gasteiger partial charge >= 0.3 is 5.97 Å². The standard InChI is InChI=1S/C15H19FO2S/c1-10(2)11(3)19-9-12-4-6-14(16)13(8-12)5-7-15(17)18/h4-8,10-11H,9H2,1-3H3,(H,17,18)/b7-5+. The van der Waals surface area contributed by atoms with Crippen molar-refractivity contribution in [2.45, 2.75) is 31.8 Å². The number of carboxylic acid groups (broad SMARTS) is 1. The van der Waals surface area contributed by atoms with E-state index < -0.39 is 11.8 Å². The smallest absolute Gasteiger partial charge is 0.328 e. The minimum atomic E-state index is -1.08. The van der Waals surface area contributed by atoms with E-state index in [2.05, 4.69) is 20.8 Å². The van der Waals surface area contributed by atoms with Gasteiger partial charge in [0.15, 0.2) is 0 Å². The van der Waals surface area contributed by atoms with Gasteiger partial charge in [-0.15, -0.1) is 0 Å². The van der Waals surface area contributed by atoms with E-state index >= 15 is 0 Å². The Morgan fingerprint density at radius 1 is 1.42 bits per heavy atom. The number of hydrogen-bond donors (Lipinski definition) is 1. The second kappa shape index (κ2) is 7.34. The minimum absolute atomic E-state index is 0.317. The molecule has 1 aromatic rings. The molecule has 0 heterocycles. The number of carbonyl (C=O) groups is 1. The summed E-state index contributed by atoms with van der Waals surface area (Å²) < 4.78 is 13.5. The molecule has 0 saturated heterocycles. The van der Waals surface area contributed by atoms with Gasteiger partial charge in [-0.25, -0.2) is 9.18 Å². The van der Waals surface area contributed by atoms with E-state index in [4.69, 9.17) is 5.11 Å². The lowest BCUT2D eigenvalue weighted by atomic mass is 10.1. The maximum Gasteiger partial charge on any atom is 0.328 e. The second-order valence-electron chi connectivity index (χ2n) is 4.79. The van der Waals surface area contributed by atoms with Gasteiger partial charge in [-0.1, -0.05) is 26.8 Å². The first kappa shape index (κ1) is 15.8. The van der Waals surface area contributed by atoms with Gasteiger partial charge in [-0.3, -0.25) is 0 Å². The van der Waals surface area contributed by atoms with Gasteiger partial charge in [-0.2, -0.15) is 11.8 Å². The summed E-state index contributed by atoms with van der Waals surface area (Å²) in [6.07, 6.45) is 2.24. The number of benzene rings is 1. The van der Waals surface area contributed by atoms with Gasteiger partial charge in [0, 0.05) is 22.6 Å². The maximum atomic E-state index is 13.5. The summed E-state index contributed by atoms with van der Waals surface area (Å²) in [6.45, 7) is 6.51. The van der Waals surface area contributed by atoms with Crippen LogP contribution in [-0.4, -0.2) is 16.3 Å². The van der Waals surface area contributed by atoms with E-state index in [1.165, 1.54) is 12.1 Å². The molecule has 1 N–H and O–H groups in total. The largest absolute Gasteiger partial charge is 0.478 e. The summed E-state index contributed by atoms with van der Waals surface area (Å²) in [5.41, 5.74) is 1.32. The Hall–Kier alpha value is -1.29. The monoisotopic (exact) mass is 282 g/mol. The predicted molar refractivity (Wildman–Crippen MR) is 78.7 cm³/mol. The second-order valence-corrected chi connectivity index (χ2v) is 6.15. The lowest BCUT2D eigenvalue weighted by Crippen LogP contribution is -2.05. The first-order valence-corrected chi connectivity index (χ1v) is 7.26. The molecule has 0 aliphatic carbocycles. The number of halogens is 1. The Labute approximate surface area is 117 Å². The van der Waals surface area contributed by atoms with Crippen molar-refractivity contribution in [2.75, 3.05) is 0 Å². The molecule has 0 aliphatic rings. The Balaban J connectivity index is 2.76. The molecular formula is C15H19FO2S. The van der Waals surface area contributed by atoms with Crippen LogP contribution in [0, 0.1) is 11.7 Å². The third-order valence-electron chi connectivity index (χ3n) is 2.92. The normalized spacial score (nSPS) is 13.1. The van der Waals surface area contributed by atoms with Crippen molar-refractivity contribution < 1.29 is 14.3 Å². The first-order valence-electron chi connectivity index (χ1n) is 6.21. The molecule has 0 aliphatic heterocycles. The number of thioether (sulfide) groups is 1. The average molecular weight is 282 g/mol. The highest BCUT2D eigenvalue weighted by molar-refractivity contribution is 7.99. The van der Waals surface area contributed by atoms with Crippen molar-refractivity contribution >= 4 is 23.8 Å². The van der Waals surface area contributed by atoms with Crippen LogP contribution in [0.25, 0.3) is 6.08 Å². The van der Waals surface area contributed by atoms with Crippen LogP contribution < -0.4 is 0 Å². The van der Waals surface area contributed by atoms with Crippen molar-refractivity contribution in [1.29, 1.82) is 0 Å². The van der Waals surface area contributed by atoms with Crippen LogP contribution in [0.15, 0.2) is 24.3 Å². The zero-order chi connectivity index (χ0) is 14.4. The van der Waals surface area contributed by atoms with E-state index in [0.29, 0.717) is 16.7 Å². The van der Waals surface area contributed by atoms with Gasteiger partial charge in [0.05, 0.1) is 0 Å². The summed E-state index contributed by atoms with van der Waals surface area (Å²) in [6, 6.07) is 4.83. The molecule has 1 aromatic carbocycles. The van der Waals surface area contributed by atoms with Crippen LogP contribution in [0.4, 0.5) is 4.39 Å². The quantitative estimate of drug-likeness (QED) is 0.794. The summed E-state index contributed by atoms with van der Waals surface area (Å²) in [4.78, 5) is 10.4. The number of rotatable bonds is 6. The fourth-order valence-electron chi connectivity index (χ4n) is 1.39. The number of hydrogen-bond acceptors (Lipinski definition) is 2. The van der Waals surface area contributed by atoms with Crippen molar-refractivity contribution in [3.8, 4) is 0 Å². The molecule has 1 atom stereocenters. The SMILES string of the molecule is CC(C)C(C)SCc1ccc(F)c(/C=C/C(=O)O)c1. The lowest BCUT2D eigenvalue weighted by Gasteiger charge is -2.15. The molecule has 0 fully saturated rings.